The fourth-order valence-electron chi connectivity index (χ4n) is 3.08. The van der Waals surface area contributed by atoms with Crippen LogP contribution in [0.25, 0.3) is 0 Å². The largest absolute Gasteiger partial charge is 0.481 e. The van der Waals surface area contributed by atoms with E-state index in [9.17, 15) is 14.4 Å². The van der Waals surface area contributed by atoms with Crippen molar-refractivity contribution in [3.63, 3.8) is 0 Å². The van der Waals surface area contributed by atoms with Gasteiger partial charge in [-0.2, -0.15) is 0 Å². The van der Waals surface area contributed by atoms with Gasteiger partial charge in [0.25, 0.3) is 5.91 Å². The molecule has 1 atom stereocenters. The van der Waals surface area contributed by atoms with Gasteiger partial charge in [-0.05, 0) is 36.2 Å². The first-order valence-corrected chi connectivity index (χ1v) is 8.87. The summed E-state index contributed by atoms with van der Waals surface area (Å²) < 4.78 is 0. The van der Waals surface area contributed by atoms with Crippen LogP contribution < -0.4 is 11.1 Å². The van der Waals surface area contributed by atoms with E-state index in [-0.39, 0.29) is 18.3 Å². The van der Waals surface area contributed by atoms with Crippen molar-refractivity contribution in [2.75, 3.05) is 5.32 Å². The summed E-state index contributed by atoms with van der Waals surface area (Å²) in [6.07, 6.45) is 2.27. The second kappa shape index (κ2) is 6.93. The number of fused-ring (bicyclic) bond motifs is 1. The number of amides is 2. The molecule has 4 N–H and O–H groups in total. The molecule has 0 saturated carbocycles. The molecule has 0 spiro atoms. The molecule has 0 fully saturated rings. The van der Waals surface area contributed by atoms with Gasteiger partial charge in [-0.1, -0.05) is 20.8 Å². The topological polar surface area (TPSA) is 109 Å². The normalized spacial score (nSPS) is 17.2. The molecule has 7 heteroatoms. The van der Waals surface area contributed by atoms with Gasteiger partial charge >= 0.3 is 5.97 Å². The summed E-state index contributed by atoms with van der Waals surface area (Å²) in [6.45, 7) is 6.62. The lowest BCUT2D eigenvalue weighted by Gasteiger charge is -2.33. The molecule has 1 aliphatic rings. The van der Waals surface area contributed by atoms with Crippen molar-refractivity contribution in [2.24, 2.45) is 17.1 Å². The lowest BCUT2D eigenvalue weighted by atomic mass is 9.72. The lowest BCUT2D eigenvalue weighted by molar-refractivity contribution is -0.138. The van der Waals surface area contributed by atoms with E-state index in [0.29, 0.717) is 16.5 Å². The van der Waals surface area contributed by atoms with Gasteiger partial charge in [0.2, 0.25) is 5.91 Å². The van der Waals surface area contributed by atoms with Crippen molar-refractivity contribution >= 4 is 34.1 Å². The van der Waals surface area contributed by atoms with Gasteiger partial charge in [-0.25, -0.2) is 0 Å². The van der Waals surface area contributed by atoms with Crippen LogP contribution in [0.3, 0.4) is 0 Å². The van der Waals surface area contributed by atoms with Crippen molar-refractivity contribution in [2.45, 2.75) is 52.9 Å². The van der Waals surface area contributed by atoms with Crippen LogP contribution in [-0.2, 0) is 22.4 Å². The Morgan fingerprint density at radius 1 is 1.29 bits per heavy atom. The highest BCUT2D eigenvalue weighted by Gasteiger charge is 2.33. The van der Waals surface area contributed by atoms with Gasteiger partial charge in [-0.3, -0.25) is 14.4 Å². The van der Waals surface area contributed by atoms with Crippen molar-refractivity contribution < 1.29 is 19.5 Å². The number of carboxylic acid groups (broad SMARTS) is 1. The summed E-state index contributed by atoms with van der Waals surface area (Å²) in [5, 5.41) is 11.8. The number of aliphatic carboxylic acids is 1. The van der Waals surface area contributed by atoms with E-state index >= 15 is 0 Å². The van der Waals surface area contributed by atoms with E-state index in [1.165, 1.54) is 11.3 Å². The van der Waals surface area contributed by atoms with Crippen LogP contribution in [0.2, 0.25) is 0 Å². The molecule has 2 rings (SSSR count). The first kappa shape index (κ1) is 18.4. The Morgan fingerprint density at radius 2 is 1.96 bits per heavy atom. The van der Waals surface area contributed by atoms with Crippen molar-refractivity contribution in [1.29, 1.82) is 0 Å². The molecule has 1 aromatic rings. The summed E-state index contributed by atoms with van der Waals surface area (Å²) in [5.41, 5.74) is 7.04. The highest BCUT2D eigenvalue weighted by atomic mass is 32.1. The maximum Gasteiger partial charge on any atom is 0.303 e. The Morgan fingerprint density at radius 3 is 2.50 bits per heavy atom. The molecule has 1 unspecified atom stereocenters. The van der Waals surface area contributed by atoms with Crippen molar-refractivity contribution in [3.8, 4) is 0 Å². The molecule has 1 aromatic heterocycles. The number of nitrogens with one attached hydrogen (secondary N) is 1. The number of hydrogen-bond donors (Lipinski definition) is 3. The van der Waals surface area contributed by atoms with E-state index in [1.807, 2.05) is 0 Å². The standard InChI is InChI=1S/C17H24N2O4S/c1-17(2,3)9-4-5-10-11(8-9)24-16(14(10)15(18)23)19-12(20)6-7-13(21)22/h9H,4-8H2,1-3H3,(H2,18,23)(H,19,20)(H,21,22). The number of hydrogen-bond acceptors (Lipinski definition) is 4. The minimum absolute atomic E-state index is 0.124. The SMILES string of the molecule is CC(C)(C)C1CCc2c(sc(NC(=O)CCC(=O)O)c2C(N)=O)C1. The molecule has 0 saturated heterocycles. The quantitative estimate of drug-likeness (QED) is 0.757. The number of thiophene rings is 1. The van der Waals surface area contributed by atoms with E-state index < -0.39 is 17.8 Å². The van der Waals surface area contributed by atoms with E-state index in [4.69, 9.17) is 10.8 Å². The number of nitrogens with two attached hydrogens (primary N) is 1. The molecular weight excluding hydrogens is 328 g/mol. The molecule has 2 amide bonds. The predicted molar refractivity (Wildman–Crippen MR) is 93.3 cm³/mol. The number of carbonyl (C=O) groups excluding carboxylic acids is 2. The summed E-state index contributed by atoms with van der Waals surface area (Å²) in [7, 11) is 0. The maximum atomic E-state index is 11.9. The molecule has 1 aliphatic carbocycles. The van der Waals surface area contributed by atoms with Crippen LogP contribution in [0.4, 0.5) is 5.00 Å². The van der Waals surface area contributed by atoms with Gasteiger partial charge in [0.15, 0.2) is 0 Å². The fraction of sp³-hybridized carbons (Fsp3) is 0.588. The molecule has 132 valence electrons. The highest BCUT2D eigenvalue weighted by Crippen LogP contribution is 2.44. The Labute approximate surface area is 145 Å². The average Bonchev–Trinajstić information content (AvgIpc) is 2.80. The molecule has 0 aromatic carbocycles. The van der Waals surface area contributed by atoms with E-state index in [2.05, 4.69) is 26.1 Å². The van der Waals surface area contributed by atoms with E-state index in [1.54, 1.807) is 0 Å². The first-order valence-electron chi connectivity index (χ1n) is 8.05. The zero-order valence-electron chi connectivity index (χ0n) is 14.3. The maximum absolute atomic E-state index is 11.9. The summed E-state index contributed by atoms with van der Waals surface area (Å²) in [4.78, 5) is 35.4. The van der Waals surface area contributed by atoms with Gasteiger partial charge in [0.1, 0.15) is 5.00 Å². The number of anilines is 1. The number of carbonyl (C=O) groups is 3. The highest BCUT2D eigenvalue weighted by molar-refractivity contribution is 7.17. The predicted octanol–water partition coefficient (Wildman–Crippen LogP) is 2.80. The molecule has 0 aliphatic heterocycles. The molecule has 0 bridgehead atoms. The fourth-order valence-corrected chi connectivity index (χ4v) is 4.43. The van der Waals surface area contributed by atoms with Crippen LogP contribution in [0.5, 0.6) is 0 Å². The first-order chi connectivity index (χ1) is 11.1. The van der Waals surface area contributed by atoms with Crippen LogP contribution in [-0.4, -0.2) is 22.9 Å². The third kappa shape index (κ3) is 4.14. The number of primary amides is 1. The number of rotatable bonds is 5. The van der Waals surface area contributed by atoms with Gasteiger partial charge in [-0.15, -0.1) is 11.3 Å². The zero-order valence-corrected chi connectivity index (χ0v) is 15.1. The van der Waals surface area contributed by atoms with Crippen molar-refractivity contribution in [1.82, 2.24) is 0 Å². The zero-order chi connectivity index (χ0) is 18.1. The minimum atomic E-state index is -1.03. The summed E-state index contributed by atoms with van der Waals surface area (Å²) in [6, 6.07) is 0. The molecular formula is C17H24N2O4S. The van der Waals surface area contributed by atoms with Gasteiger partial charge in [0.05, 0.1) is 12.0 Å². The minimum Gasteiger partial charge on any atom is -0.481 e. The molecule has 6 nitrogen and oxygen atoms in total. The van der Waals surface area contributed by atoms with Crippen LogP contribution in [0.15, 0.2) is 0 Å². The van der Waals surface area contributed by atoms with Crippen LogP contribution in [0, 0.1) is 11.3 Å². The Kier molecular flexibility index (Phi) is 5.32. The Balaban J connectivity index is 2.24. The van der Waals surface area contributed by atoms with Crippen molar-refractivity contribution in [3.05, 3.63) is 16.0 Å². The van der Waals surface area contributed by atoms with Crippen LogP contribution >= 0.6 is 11.3 Å². The molecule has 0 radical (unpaired) electrons. The van der Waals surface area contributed by atoms with E-state index in [0.717, 1.165) is 29.7 Å². The number of carboxylic acids is 1. The van der Waals surface area contributed by atoms with Gasteiger partial charge < -0.3 is 16.2 Å². The van der Waals surface area contributed by atoms with Gasteiger partial charge in [0, 0.05) is 11.3 Å². The molecule has 24 heavy (non-hydrogen) atoms. The average molecular weight is 352 g/mol. The smallest absolute Gasteiger partial charge is 0.303 e. The molecule has 1 heterocycles. The monoisotopic (exact) mass is 352 g/mol. The second-order valence-electron chi connectivity index (χ2n) is 7.32. The van der Waals surface area contributed by atoms with Crippen LogP contribution in [0.1, 0.15) is 60.8 Å². The third-order valence-corrected chi connectivity index (χ3v) is 5.73. The summed E-state index contributed by atoms with van der Waals surface area (Å²) >= 11 is 1.39. The Bertz CT molecular complexity index is 673. The summed E-state index contributed by atoms with van der Waals surface area (Å²) in [5.74, 6) is -1.47. The third-order valence-electron chi connectivity index (χ3n) is 4.56. The lowest BCUT2D eigenvalue weighted by Crippen LogP contribution is -2.27. The second-order valence-corrected chi connectivity index (χ2v) is 8.43. The Hall–Kier alpha value is -1.89.